The Morgan fingerprint density at radius 2 is 1.77 bits per heavy atom. The van der Waals surface area contributed by atoms with Gasteiger partial charge in [0.25, 0.3) is 0 Å². The van der Waals surface area contributed by atoms with Gasteiger partial charge in [0.1, 0.15) is 17.9 Å². The zero-order valence-electron chi connectivity index (χ0n) is 27.8. The van der Waals surface area contributed by atoms with Gasteiger partial charge in [0.05, 0.1) is 23.8 Å². The fourth-order valence-electron chi connectivity index (χ4n) is 7.23. The molecule has 4 heterocycles. The molecule has 0 radical (unpaired) electrons. The number of fused-ring (bicyclic) bond motifs is 2. The minimum atomic E-state index is -4.28. The molecule has 3 aromatic rings. The molecule has 2 saturated heterocycles. The van der Waals surface area contributed by atoms with Crippen LogP contribution in [0.25, 0.3) is 10.9 Å². The molecule has 9 nitrogen and oxygen atoms in total. The second-order valence-corrected chi connectivity index (χ2v) is 16.1. The smallest absolute Gasteiger partial charge is 0.392 e. The molecule has 1 spiro atoms. The molecule has 0 bridgehead atoms. The van der Waals surface area contributed by atoms with Gasteiger partial charge in [-0.3, -0.25) is 9.80 Å². The zero-order chi connectivity index (χ0) is 34.1. The molecular weight excluding hydrogens is 643 g/mol. The molecule has 3 aliphatic heterocycles. The first-order valence-electron chi connectivity index (χ1n) is 17.0. The number of anilines is 1. The first kappa shape index (κ1) is 34.8. The predicted octanol–water partition coefficient (Wildman–Crippen LogP) is 5.20. The Morgan fingerprint density at radius 1 is 1.02 bits per heavy atom. The van der Waals surface area contributed by atoms with Crippen LogP contribution in [-0.4, -0.2) is 97.1 Å². The van der Waals surface area contributed by atoms with Gasteiger partial charge in [-0.1, -0.05) is 32.0 Å². The molecular formula is C35H46F3N5O4S. The molecule has 2 fully saturated rings. The van der Waals surface area contributed by atoms with Crippen LogP contribution in [0.3, 0.4) is 0 Å². The number of nitrogens with zero attached hydrogens (tertiary/aromatic N) is 5. The number of hydrogen-bond donors (Lipinski definition) is 1. The SMILES string of the molecule is CC(C)CCN1CCS(=O)(=O)Oc2ccc(CN3CCC4(CC3)CN(c3ncnc5ccc(CC(F)(F)F)cc35)C4)cc2CC[C@@H](O)C1. The number of rotatable bonds is 7. The number of piperidine rings is 1. The van der Waals surface area contributed by atoms with Gasteiger partial charge in [-0.25, -0.2) is 9.97 Å². The summed E-state index contributed by atoms with van der Waals surface area (Å²) in [6.45, 7) is 9.91. The molecule has 1 aromatic heterocycles. The number of aliphatic hydroxyl groups is 1. The molecule has 3 aliphatic rings. The highest BCUT2D eigenvalue weighted by molar-refractivity contribution is 7.87. The Labute approximate surface area is 281 Å². The molecule has 0 unspecified atom stereocenters. The quantitative estimate of drug-likeness (QED) is 0.336. The van der Waals surface area contributed by atoms with Crippen LogP contribution in [0.15, 0.2) is 42.7 Å². The highest BCUT2D eigenvalue weighted by Crippen LogP contribution is 2.44. The number of β-amino-alcohol motifs (C(OH)–C–C–N with tert-alkyl or cyclic N) is 1. The lowest BCUT2D eigenvalue weighted by Gasteiger charge is -2.54. The molecule has 48 heavy (non-hydrogen) atoms. The predicted molar refractivity (Wildman–Crippen MR) is 180 cm³/mol. The van der Waals surface area contributed by atoms with Gasteiger partial charge < -0.3 is 14.2 Å². The molecule has 2 aromatic carbocycles. The fourth-order valence-corrected chi connectivity index (χ4v) is 8.23. The van der Waals surface area contributed by atoms with Crippen molar-refractivity contribution < 1.29 is 30.9 Å². The average Bonchev–Trinajstić information content (AvgIpc) is 3.02. The van der Waals surface area contributed by atoms with Crippen LogP contribution >= 0.6 is 0 Å². The van der Waals surface area contributed by atoms with Gasteiger partial charge in [-0.05, 0) is 92.5 Å². The molecule has 262 valence electrons. The molecule has 0 amide bonds. The van der Waals surface area contributed by atoms with Gasteiger partial charge in [0.15, 0.2) is 0 Å². The number of benzene rings is 2. The standard InChI is InChI=1S/C35H46F3N5O4S/c1-25(2)9-12-41-15-16-48(45,46)47-32-8-4-27(17-28(32)5-6-29(44)21-41)20-42-13-10-34(11-14-42)22-43(23-34)33-30-18-26(19-35(36,37)38)3-7-31(30)39-24-40-33/h3-4,7-8,17-18,24-25,29,44H,5-6,9-16,19-23H2,1-2H3/t29-/m1/s1. The normalized spacial score (nSPS) is 22.2. The molecule has 1 atom stereocenters. The van der Waals surface area contributed by atoms with Crippen molar-refractivity contribution in [3.63, 3.8) is 0 Å². The number of halogens is 3. The summed E-state index contributed by atoms with van der Waals surface area (Å²) in [7, 11) is -3.79. The van der Waals surface area contributed by atoms with E-state index in [9.17, 15) is 26.7 Å². The van der Waals surface area contributed by atoms with Gasteiger partial charge in [-0.15, -0.1) is 0 Å². The van der Waals surface area contributed by atoms with Crippen molar-refractivity contribution in [2.24, 2.45) is 11.3 Å². The third-order valence-corrected chi connectivity index (χ3v) is 11.1. The summed E-state index contributed by atoms with van der Waals surface area (Å²) in [6, 6.07) is 10.4. The van der Waals surface area contributed by atoms with Crippen molar-refractivity contribution in [2.45, 2.75) is 71.2 Å². The number of aliphatic hydroxyl groups excluding tert-OH is 1. The first-order chi connectivity index (χ1) is 22.7. The largest absolute Gasteiger partial charge is 0.393 e. The Kier molecular flexibility index (Phi) is 10.2. The van der Waals surface area contributed by atoms with E-state index in [-0.39, 0.29) is 16.7 Å². The van der Waals surface area contributed by atoms with Gasteiger partial charge in [0, 0.05) is 43.5 Å². The van der Waals surface area contributed by atoms with Crippen molar-refractivity contribution in [3.8, 4) is 5.75 Å². The third kappa shape index (κ3) is 8.77. The zero-order valence-corrected chi connectivity index (χ0v) is 28.6. The summed E-state index contributed by atoms with van der Waals surface area (Å²) in [4.78, 5) is 15.3. The van der Waals surface area contributed by atoms with Crippen molar-refractivity contribution >= 4 is 26.8 Å². The van der Waals surface area contributed by atoms with Crippen LogP contribution in [0.2, 0.25) is 0 Å². The Hall–Kier alpha value is -3.00. The van der Waals surface area contributed by atoms with Gasteiger partial charge in [0.2, 0.25) is 0 Å². The van der Waals surface area contributed by atoms with Crippen LogP contribution in [0.1, 0.15) is 56.2 Å². The van der Waals surface area contributed by atoms with Crippen LogP contribution in [0.4, 0.5) is 19.0 Å². The second kappa shape index (κ2) is 14.1. The van der Waals surface area contributed by atoms with E-state index in [1.165, 1.54) is 12.4 Å². The van der Waals surface area contributed by atoms with E-state index >= 15 is 0 Å². The molecule has 0 aliphatic carbocycles. The Morgan fingerprint density at radius 3 is 2.50 bits per heavy atom. The maximum atomic E-state index is 13.0. The number of aryl methyl sites for hydroxylation is 1. The van der Waals surface area contributed by atoms with Crippen LogP contribution < -0.4 is 9.08 Å². The van der Waals surface area contributed by atoms with E-state index in [4.69, 9.17) is 4.18 Å². The van der Waals surface area contributed by atoms with Crippen LogP contribution in [0.5, 0.6) is 5.75 Å². The third-order valence-electron chi connectivity index (χ3n) is 10.00. The van der Waals surface area contributed by atoms with E-state index in [0.717, 1.165) is 69.7 Å². The minimum absolute atomic E-state index is 0.126. The molecule has 0 saturated carbocycles. The summed E-state index contributed by atoms with van der Waals surface area (Å²) in [5, 5.41) is 11.5. The highest BCUT2D eigenvalue weighted by atomic mass is 32.2. The Balaban J connectivity index is 1.06. The molecule has 1 N–H and O–H groups in total. The van der Waals surface area contributed by atoms with Crippen molar-refractivity contribution in [1.82, 2.24) is 19.8 Å². The lowest BCUT2D eigenvalue weighted by atomic mass is 9.72. The van der Waals surface area contributed by atoms with Crippen LogP contribution in [0, 0.1) is 11.3 Å². The number of alkyl halides is 3. The average molecular weight is 690 g/mol. The van der Waals surface area contributed by atoms with E-state index in [1.54, 1.807) is 18.2 Å². The first-order valence-corrected chi connectivity index (χ1v) is 18.5. The second-order valence-electron chi connectivity index (χ2n) is 14.4. The summed E-state index contributed by atoms with van der Waals surface area (Å²) < 4.78 is 70.5. The summed E-state index contributed by atoms with van der Waals surface area (Å²) in [5.41, 5.74) is 2.86. The topological polar surface area (TPSA) is 99.1 Å². The maximum absolute atomic E-state index is 13.0. The highest BCUT2D eigenvalue weighted by Gasteiger charge is 2.45. The van der Waals surface area contributed by atoms with Gasteiger partial charge >= 0.3 is 16.3 Å². The monoisotopic (exact) mass is 689 g/mol. The van der Waals surface area contributed by atoms with Crippen molar-refractivity contribution in [2.75, 3.05) is 56.5 Å². The minimum Gasteiger partial charge on any atom is -0.392 e. The fraction of sp³-hybridized carbons (Fsp3) is 0.600. The number of likely N-dealkylation sites (tertiary alicyclic amines) is 1. The number of hydrogen-bond acceptors (Lipinski definition) is 9. The lowest BCUT2D eigenvalue weighted by molar-refractivity contribution is -0.127. The number of aromatic nitrogens is 2. The Bertz CT molecular complexity index is 1690. The summed E-state index contributed by atoms with van der Waals surface area (Å²) in [6.07, 6.45) is -0.370. The van der Waals surface area contributed by atoms with E-state index in [0.29, 0.717) is 54.3 Å². The van der Waals surface area contributed by atoms with Crippen LogP contribution in [-0.2, 0) is 29.5 Å². The van der Waals surface area contributed by atoms with Crippen molar-refractivity contribution in [3.05, 3.63) is 59.4 Å². The lowest BCUT2D eigenvalue weighted by Crippen LogP contribution is -2.60. The summed E-state index contributed by atoms with van der Waals surface area (Å²) in [5.74, 6) is 1.40. The van der Waals surface area contributed by atoms with E-state index in [2.05, 4.69) is 33.6 Å². The van der Waals surface area contributed by atoms with Crippen molar-refractivity contribution in [1.29, 1.82) is 0 Å². The molecule has 6 rings (SSSR count). The maximum Gasteiger partial charge on any atom is 0.393 e. The van der Waals surface area contributed by atoms with E-state index in [1.807, 2.05) is 17.0 Å². The van der Waals surface area contributed by atoms with E-state index < -0.39 is 28.8 Å². The van der Waals surface area contributed by atoms with Gasteiger partial charge in [-0.2, -0.15) is 21.6 Å². The summed E-state index contributed by atoms with van der Waals surface area (Å²) >= 11 is 0. The molecule has 13 heteroatoms.